The van der Waals surface area contributed by atoms with Crippen LogP contribution in [0, 0.1) is 0 Å². The van der Waals surface area contributed by atoms with Crippen molar-refractivity contribution in [2.75, 3.05) is 0 Å². The molecule has 3 nitrogen and oxygen atoms in total. The maximum Gasteiger partial charge on any atom is 0.352 e. The number of aryl methyl sites for hydroxylation is 1. The quantitative estimate of drug-likeness (QED) is 0.772. The van der Waals surface area contributed by atoms with Gasteiger partial charge in [0.15, 0.2) is 0 Å². The van der Waals surface area contributed by atoms with Crippen LogP contribution in [0.3, 0.4) is 0 Å². The van der Waals surface area contributed by atoms with Crippen molar-refractivity contribution < 1.29 is 9.90 Å². The fourth-order valence-electron chi connectivity index (χ4n) is 3.02. The maximum absolute atomic E-state index is 11.2. The van der Waals surface area contributed by atoms with E-state index in [2.05, 4.69) is 35.0 Å². The van der Waals surface area contributed by atoms with Gasteiger partial charge in [0.1, 0.15) is 5.69 Å². The van der Waals surface area contributed by atoms with E-state index in [9.17, 15) is 9.90 Å². The SMILES string of the molecule is O=C(O)c1ccc2n1CCc1cc(-c3ccsc3)ccc1-2. The number of benzene rings is 1. The number of carboxylic acids is 1. The Kier molecular flexibility index (Phi) is 2.72. The molecule has 0 amide bonds. The van der Waals surface area contributed by atoms with E-state index < -0.39 is 5.97 Å². The molecule has 1 aliphatic rings. The highest BCUT2D eigenvalue weighted by Gasteiger charge is 2.21. The molecule has 0 saturated carbocycles. The minimum atomic E-state index is -0.861. The van der Waals surface area contributed by atoms with Crippen LogP contribution in [0.1, 0.15) is 16.1 Å². The second kappa shape index (κ2) is 4.60. The Balaban J connectivity index is 1.83. The highest BCUT2D eigenvalue weighted by Crippen LogP contribution is 2.34. The molecule has 0 fully saturated rings. The van der Waals surface area contributed by atoms with Crippen LogP contribution < -0.4 is 0 Å². The predicted octanol–water partition coefficient (Wildman–Crippen LogP) is 4.14. The first-order valence-electron chi connectivity index (χ1n) is 6.83. The number of aromatic carboxylic acids is 1. The normalized spacial score (nSPS) is 12.8. The topological polar surface area (TPSA) is 42.2 Å². The largest absolute Gasteiger partial charge is 0.477 e. The summed E-state index contributed by atoms with van der Waals surface area (Å²) in [5, 5.41) is 13.5. The van der Waals surface area contributed by atoms with Crippen LogP contribution in [0.2, 0.25) is 0 Å². The summed E-state index contributed by atoms with van der Waals surface area (Å²) in [5.74, 6) is -0.861. The highest BCUT2D eigenvalue weighted by atomic mass is 32.1. The number of thiophene rings is 1. The average molecular weight is 295 g/mol. The Morgan fingerprint density at radius 2 is 2.05 bits per heavy atom. The van der Waals surface area contributed by atoms with Gasteiger partial charge in [0.05, 0.1) is 0 Å². The van der Waals surface area contributed by atoms with Crippen molar-refractivity contribution >= 4 is 17.3 Å². The van der Waals surface area contributed by atoms with Gasteiger partial charge < -0.3 is 9.67 Å². The second-order valence-electron chi connectivity index (χ2n) is 5.19. The maximum atomic E-state index is 11.2. The summed E-state index contributed by atoms with van der Waals surface area (Å²) < 4.78 is 1.90. The molecule has 2 aromatic heterocycles. The van der Waals surface area contributed by atoms with Gasteiger partial charge in [-0.15, -0.1) is 0 Å². The summed E-state index contributed by atoms with van der Waals surface area (Å²) in [7, 11) is 0. The number of nitrogens with zero attached hydrogens (tertiary/aromatic N) is 1. The monoisotopic (exact) mass is 295 g/mol. The van der Waals surface area contributed by atoms with Crippen LogP contribution in [-0.2, 0) is 13.0 Å². The summed E-state index contributed by atoms with van der Waals surface area (Å²) >= 11 is 1.70. The molecular formula is C17H13NO2S. The van der Waals surface area contributed by atoms with Gasteiger partial charge in [-0.1, -0.05) is 18.2 Å². The summed E-state index contributed by atoms with van der Waals surface area (Å²) in [6, 6.07) is 12.2. The third-order valence-corrected chi connectivity index (χ3v) is 4.72. The van der Waals surface area contributed by atoms with E-state index in [1.165, 1.54) is 16.7 Å². The first-order valence-corrected chi connectivity index (χ1v) is 7.77. The third-order valence-electron chi connectivity index (χ3n) is 4.04. The summed E-state index contributed by atoms with van der Waals surface area (Å²) in [6.45, 7) is 0.726. The van der Waals surface area contributed by atoms with E-state index in [0.717, 1.165) is 24.2 Å². The molecule has 4 rings (SSSR count). The van der Waals surface area contributed by atoms with Crippen molar-refractivity contribution in [3.63, 3.8) is 0 Å². The molecule has 0 saturated heterocycles. The van der Waals surface area contributed by atoms with Crippen molar-refractivity contribution in [1.29, 1.82) is 0 Å². The number of fused-ring (bicyclic) bond motifs is 3. The van der Waals surface area contributed by atoms with Crippen molar-refractivity contribution in [3.8, 4) is 22.4 Å². The lowest BCUT2D eigenvalue weighted by molar-refractivity contribution is 0.0685. The molecule has 1 N–H and O–H groups in total. The number of carboxylic acid groups (broad SMARTS) is 1. The Morgan fingerprint density at radius 1 is 1.14 bits per heavy atom. The van der Waals surface area contributed by atoms with Crippen LogP contribution in [0.4, 0.5) is 0 Å². The van der Waals surface area contributed by atoms with Gasteiger partial charge in [-0.05, 0) is 52.1 Å². The second-order valence-corrected chi connectivity index (χ2v) is 5.97. The molecule has 21 heavy (non-hydrogen) atoms. The Labute approximate surface area is 126 Å². The van der Waals surface area contributed by atoms with Crippen LogP contribution >= 0.6 is 11.3 Å². The molecule has 3 heterocycles. The van der Waals surface area contributed by atoms with E-state index in [1.807, 2.05) is 10.6 Å². The van der Waals surface area contributed by atoms with E-state index >= 15 is 0 Å². The van der Waals surface area contributed by atoms with E-state index in [1.54, 1.807) is 17.4 Å². The number of aromatic nitrogens is 1. The van der Waals surface area contributed by atoms with Gasteiger partial charge >= 0.3 is 5.97 Å². The zero-order chi connectivity index (χ0) is 14.4. The van der Waals surface area contributed by atoms with Gasteiger partial charge in [-0.25, -0.2) is 4.79 Å². The van der Waals surface area contributed by atoms with Crippen LogP contribution in [0.15, 0.2) is 47.2 Å². The fraction of sp³-hybridized carbons (Fsp3) is 0.118. The average Bonchev–Trinajstić information content (AvgIpc) is 3.15. The van der Waals surface area contributed by atoms with Crippen molar-refractivity contribution in [2.24, 2.45) is 0 Å². The minimum absolute atomic E-state index is 0.373. The molecule has 3 aromatic rings. The lowest BCUT2D eigenvalue weighted by Crippen LogP contribution is -2.15. The minimum Gasteiger partial charge on any atom is -0.477 e. The molecule has 104 valence electrons. The third kappa shape index (κ3) is 1.91. The van der Waals surface area contributed by atoms with E-state index in [4.69, 9.17) is 0 Å². The Morgan fingerprint density at radius 3 is 2.81 bits per heavy atom. The smallest absolute Gasteiger partial charge is 0.352 e. The molecule has 0 bridgehead atoms. The Hall–Kier alpha value is -2.33. The lowest BCUT2D eigenvalue weighted by atomic mass is 9.94. The molecule has 0 atom stereocenters. The van der Waals surface area contributed by atoms with E-state index in [-0.39, 0.29) is 0 Å². The van der Waals surface area contributed by atoms with Crippen LogP contribution in [-0.4, -0.2) is 15.6 Å². The molecular weight excluding hydrogens is 282 g/mol. The van der Waals surface area contributed by atoms with Crippen LogP contribution in [0.5, 0.6) is 0 Å². The molecule has 1 aromatic carbocycles. The summed E-state index contributed by atoms with van der Waals surface area (Å²) in [5.41, 5.74) is 6.29. The molecule has 0 spiro atoms. The number of hydrogen-bond acceptors (Lipinski definition) is 2. The first kappa shape index (κ1) is 12.4. The van der Waals surface area contributed by atoms with Crippen LogP contribution in [0.25, 0.3) is 22.4 Å². The molecule has 0 unspecified atom stereocenters. The van der Waals surface area contributed by atoms with Gasteiger partial charge in [0, 0.05) is 17.8 Å². The summed E-state index contributed by atoms with van der Waals surface area (Å²) in [4.78, 5) is 11.2. The zero-order valence-corrected chi connectivity index (χ0v) is 12.1. The van der Waals surface area contributed by atoms with Gasteiger partial charge in [-0.2, -0.15) is 11.3 Å². The molecule has 4 heteroatoms. The van der Waals surface area contributed by atoms with Crippen molar-refractivity contribution in [2.45, 2.75) is 13.0 Å². The zero-order valence-electron chi connectivity index (χ0n) is 11.2. The van der Waals surface area contributed by atoms with Gasteiger partial charge in [0.25, 0.3) is 0 Å². The standard InChI is InChI=1S/C17H13NO2S/c19-17(20)16-4-3-15-14-2-1-11(13-6-8-21-10-13)9-12(14)5-7-18(15)16/h1-4,6,8-10H,5,7H2,(H,19,20). The number of rotatable bonds is 2. The lowest BCUT2D eigenvalue weighted by Gasteiger charge is -2.21. The molecule has 0 radical (unpaired) electrons. The van der Waals surface area contributed by atoms with Gasteiger partial charge in [0.2, 0.25) is 0 Å². The first-order chi connectivity index (χ1) is 10.2. The van der Waals surface area contributed by atoms with Gasteiger partial charge in [-0.3, -0.25) is 0 Å². The van der Waals surface area contributed by atoms with Crippen molar-refractivity contribution in [3.05, 3.63) is 58.4 Å². The number of hydrogen-bond donors (Lipinski definition) is 1. The molecule has 1 aliphatic heterocycles. The Bertz CT molecular complexity index is 831. The van der Waals surface area contributed by atoms with E-state index in [0.29, 0.717) is 5.69 Å². The fourth-order valence-corrected chi connectivity index (χ4v) is 3.69. The summed E-state index contributed by atoms with van der Waals surface area (Å²) in [6.07, 6.45) is 0.870. The van der Waals surface area contributed by atoms with Crippen molar-refractivity contribution in [1.82, 2.24) is 4.57 Å². The predicted molar refractivity (Wildman–Crippen MR) is 83.8 cm³/mol. The highest BCUT2D eigenvalue weighted by molar-refractivity contribution is 7.08. The molecule has 0 aliphatic carbocycles. The number of carbonyl (C=O) groups is 1.